The number of ether oxygens (including phenoxy) is 3. The van der Waals surface area contributed by atoms with Crippen LogP contribution in [-0.2, 0) is 11.3 Å². The van der Waals surface area contributed by atoms with Crippen LogP contribution in [0.2, 0.25) is 5.02 Å². The van der Waals surface area contributed by atoms with E-state index in [0.29, 0.717) is 42.9 Å². The number of halogens is 1. The van der Waals surface area contributed by atoms with Crippen molar-refractivity contribution in [3.63, 3.8) is 0 Å². The van der Waals surface area contributed by atoms with Gasteiger partial charge in [-0.3, -0.25) is 4.79 Å². The van der Waals surface area contributed by atoms with E-state index in [-0.39, 0.29) is 12.3 Å². The van der Waals surface area contributed by atoms with E-state index in [1.54, 1.807) is 6.07 Å². The van der Waals surface area contributed by atoms with Crippen LogP contribution < -0.4 is 19.5 Å². The summed E-state index contributed by atoms with van der Waals surface area (Å²) in [6.45, 7) is 3.90. The zero-order chi connectivity index (χ0) is 18.4. The Morgan fingerprint density at radius 3 is 2.77 bits per heavy atom. The zero-order valence-electron chi connectivity index (χ0n) is 14.7. The molecule has 0 atom stereocenters. The third-order valence-electron chi connectivity index (χ3n) is 3.97. The van der Waals surface area contributed by atoms with Crippen molar-refractivity contribution >= 4 is 17.5 Å². The summed E-state index contributed by atoms with van der Waals surface area (Å²) in [6, 6.07) is 11.4. The molecule has 0 aliphatic carbocycles. The van der Waals surface area contributed by atoms with Crippen LogP contribution in [0.25, 0.3) is 0 Å². The normalized spacial score (nSPS) is 13.0. The van der Waals surface area contributed by atoms with Crippen molar-refractivity contribution in [2.24, 2.45) is 0 Å². The van der Waals surface area contributed by atoms with Gasteiger partial charge in [-0.1, -0.05) is 29.3 Å². The van der Waals surface area contributed by atoms with Crippen molar-refractivity contribution in [1.82, 2.24) is 5.32 Å². The molecule has 0 bridgehead atoms. The van der Waals surface area contributed by atoms with Crippen LogP contribution in [0.4, 0.5) is 0 Å². The van der Waals surface area contributed by atoms with Crippen molar-refractivity contribution < 1.29 is 19.0 Å². The summed E-state index contributed by atoms with van der Waals surface area (Å²) < 4.78 is 16.8. The molecule has 0 saturated heterocycles. The summed E-state index contributed by atoms with van der Waals surface area (Å²) in [5.74, 6) is 1.88. The van der Waals surface area contributed by atoms with Crippen molar-refractivity contribution in [3.8, 4) is 17.2 Å². The van der Waals surface area contributed by atoms with Gasteiger partial charge in [-0.05, 0) is 36.8 Å². The summed E-state index contributed by atoms with van der Waals surface area (Å²) >= 11 is 6.26. The van der Waals surface area contributed by atoms with Crippen LogP contribution in [0, 0.1) is 6.92 Å². The van der Waals surface area contributed by atoms with E-state index in [1.165, 1.54) is 5.56 Å². The van der Waals surface area contributed by atoms with E-state index in [1.807, 2.05) is 37.3 Å². The number of hydrogen-bond donors (Lipinski definition) is 1. The first-order valence-electron chi connectivity index (χ1n) is 8.66. The fraction of sp³-hybridized carbons (Fsp3) is 0.350. The van der Waals surface area contributed by atoms with Gasteiger partial charge in [0.15, 0.2) is 11.5 Å². The minimum Gasteiger partial charge on any atom is -0.493 e. The first kappa shape index (κ1) is 18.4. The van der Waals surface area contributed by atoms with Gasteiger partial charge in [0.25, 0.3) is 0 Å². The largest absolute Gasteiger partial charge is 0.493 e. The molecule has 0 saturated carbocycles. The molecule has 0 unspecified atom stereocenters. The number of carbonyl (C=O) groups excluding carboxylic acids is 1. The molecule has 0 fully saturated rings. The summed E-state index contributed by atoms with van der Waals surface area (Å²) in [5, 5.41) is 3.37. The lowest BCUT2D eigenvalue weighted by Gasteiger charge is -2.12. The predicted octanol–water partition coefficient (Wildman–Crippen LogP) is 3.90. The van der Waals surface area contributed by atoms with Crippen molar-refractivity contribution in [2.45, 2.75) is 26.3 Å². The number of carbonyl (C=O) groups is 1. The van der Waals surface area contributed by atoms with Gasteiger partial charge in [0.1, 0.15) is 5.75 Å². The van der Waals surface area contributed by atoms with E-state index in [2.05, 4.69) is 5.32 Å². The lowest BCUT2D eigenvalue weighted by Crippen LogP contribution is -2.24. The SMILES string of the molecule is Cc1ccc(OCCC(=O)NCc2cc(Cl)c3c(c2)OCCCO3)cc1. The Morgan fingerprint density at radius 1 is 1.19 bits per heavy atom. The fourth-order valence-corrected chi connectivity index (χ4v) is 2.86. The highest BCUT2D eigenvalue weighted by molar-refractivity contribution is 6.32. The number of nitrogens with one attached hydrogen (secondary N) is 1. The maximum absolute atomic E-state index is 12.0. The number of fused-ring (bicyclic) bond motifs is 1. The van der Waals surface area contributed by atoms with Crippen LogP contribution in [-0.4, -0.2) is 25.7 Å². The Bertz CT molecular complexity index is 761. The van der Waals surface area contributed by atoms with Gasteiger partial charge in [0.2, 0.25) is 5.91 Å². The standard InChI is InChI=1S/C20H22ClNO4/c1-14-3-5-16(6-4-14)24-10-7-19(23)22-13-15-11-17(21)20-18(12-15)25-8-2-9-26-20/h3-6,11-12H,2,7-10,13H2,1H3,(H,22,23). The summed E-state index contributed by atoms with van der Waals surface area (Å²) in [5.41, 5.74) is 2.04. The number of hydrogen-bond acceptors (Lipinski definition) is 4. The predicted molar refractivity (Wildman–Crippen MR) is 100 cm³/mol. The maximum atomic E-state index is 12.0. The molecule has 1 aliphatic rings. The highest BCUT2D eigenvalue weighted by atomic mass is 35.5. The molecule has 2 aromatic rings. The smallest absolute Gasteiger partial charge is 0.223 e. The number of benzene rings is 2. The highest BCUT2D eigenvalue weighted by Gasteiger charge is 2.15. The maximum Gasteiger partial charge on any atom is 0.223 e. The molecule has 138 valence electrons. The molecule has 6 heteroatoms. The van der Waals surface area contributed by atoms with E-state index in [0.717, 1.165) is 17.7 Å². The molecular formula is C20H22ClNO4. The number of rotatable bonds is 6. The third-order valence-corrected chi connectivity index (χ3v) is 4.25. The molecule has 0 spiro atoms. The minimum absolute atomic E-state index is 0.0830. The van der Waals surface area contributed by atoms with Gasteiger partial charge in [0, 0.05) is 13.0 Å². The lowest BCUT2D eigenvalue weighted by molar-refractivity contribution is -0.121. The minimum atomic E-state index is -0.0830. The number of aryl methyl sites for hydroxylation is 1. The van der Waals surface area contributed by atoms with Gasteiger partial charge in [-0.2, -0.15) is 0 Å². The zero-order valence-corrected chi connectivity index (χ0v) is 15.5. The van der Waals surface area contributed by atoms with Gasteiger partial charge in [-0.25, -0.2) is 0 Å². The van der Waals surface area contributed by atoms with E-state index in [9.17, 15) is 4.79 Å². The third kappa shape index (κ3) is 5.05. The van der Waals surface area contributed by atoms with Gasteiger partial charge in [-0.15, -0.1) is 0 Å². The Balaban J connectivity index is 1.47. The quantitative estimate of drug-likeness (QED) is 0.832. The molecule has 0 aromatic heterocycles. The fourth-order valence-electron chi connectivity index (χ4n) is 2.57. The summed E-state index contributed by atoms with van der Waals surface area (Å²) in [7, 11) is 0. The van der Waals surface area contributed by atoms with Gasteiger partial charge >= 0.3 is 0 Å². The average molecular weight is 376 g/mol. The molecule has 5 nitrogen and oxygen atoms in total. The van der Waals surface area contributed by atoms with Crippen LogP contribution in [0.3, 0.4) is 0 Å². The van der Waals surface area contributed by atoms with Gasteiger partial charge in [0.05, 0.1) is 31.3 Å². The van der Waals surface area contributed by atoms with E-state index >= 15 is 0 Å². The topological polar surface area (TPSA) is 56.8 Å². The Labute approximate surface area is 158 Å². The summed E-state index contributed by atoms with van der Waals surface area (Å²) in [4.78, 5) is 12.0. The van der Waals surface area contributed by atoms with E-state index < -0.39 is 0 Å². The van der Waals surface area contributed by atoms with E-state index in [4.69, 9.17) is 25.8 Å². The molecule has 26 heavy (non-hydrogen) atoms. The highest BCUT2D eigenvalue weighted by Crippen LogP contribution is 2.37. The lowest BCUT2D eigenvalue weighted by atomic mass is 10.2. The van der Waals surface area contributed by atoms with Crippen molar-refractivity contribution in [2.75, 3.05) is 19.8 Å². The Hall–Kier alpha value is -2.40. The second kappa shape index (κ2) is 8.81. The molecule has 1 amide bonds. The number of amides is 1. The van der Waals surface area contributed by atoms with Crippen LogP contribution >= 0.6 is 11.6 Å². The Kier molecular flexibility index (Phi) is 6.23. The molecule has 1 N–H and O–H groups in total. The second-order valence-electron chi connectivity index (χ2n) is 6.14. The molecule has 0 radical (unpaired) electrons. The van der Waals surface area contributed by atoms with Crippen molar-refractivity contribution in [3.05, 3.63) is 52.5 Å². The van der Waals surface area contributed by atoms with Crippen molar-refractivity contribution in [1.29, 1.82) is 0 Å². The van der Waals surface area contributed by atoms with Crippen LogP contribution in [0.15, 0.2) is 36.4 Å². The van der Waals surface area contributed by atoms with Crippen LogP contribution in [0.1, 0.15) is 24.0 Å². The molecular weight excluding hydrogens is 354 g/mol. The average Bonchev–Trinajstić information content (AvgIpc) is 2.87. The second-order valence-corrected chi connectivity index (χ2v) is 6.55. The monoisotopic (exact) mass is 375 g/mol. The molecule has 1 heterocycles. The van der Waals surface area contributed by atoms with Gasteiger partial charge < -0.3 is 19.5 Å². The molecule has 1 aliphatic heterocycles. The molecule has 2 aromatic carbocycles. The van der Waals surface area contributed by atoms with Crippen LogP contribution in [0.5, 0.6) is 17.2 Å². The Morgan fingerprint density at radius 2 is 1.96 bits per heavy atom. The molecule has 3 rings (SSSR count). The first-order valence-corrected chi connectivity index (χ1v) is 9.04. The first-order chi connectivity index (χ1) is 12.6. The summed E-state index contributed by atoms with van der Waals surface area (Å²) in [6.07, 6.45) is 1.10.